The lowest BCUT2D eigenvalue weighted by Crippen LogP contribution is -2.38. The molecular formula is C18H24F2N2O6S. The van der Waals surface area contributed by atoms with Crippen molar-refractivity contribution in [1.82, 2.24) is 9.80 Å². The van der Waals surface area contributed by atoms with E-state index in [0.29, 0.717) is 12.1 Å². The number of likely N-dealkylation sites (tertiary alicyclic amines) is 1. The van der Waals surface area contributed by atoms with Gasteiger partial charge in [-0.25, -0.2) is 8.42 Å². The smallest absolute Gasteiger partial charge is 0.387 e. The fourth-order valence-electron chi connectivity index (χ4n) is 3.69. The van der Waals surface area contributed by atoms with Crippen LogP contribution < -0.4 is 4.74 Å². The first-order valence-corrected chi connectivity index (χ1v) is 10.6. The summed E-state index contributed by atoms with van der Waals surface area (Å²) in [6, 6.07) is 5.32. The van der Waals surface area contributed by atoms with Gasteiger partial charge in [-0.15, -0.1) is 0 Å². The Labute approximate surface area is 168 Å². The average Bonchev–Trinajstić information content (AvgIpc) is 3.13. The van der Waals surface area contributed by atoms with Crippen molar-refractivity contribution in [1.29, 1.82) is 0 Å². The van der Waals surface area contributed by atoms with Crippen LogP contribution in [0.4, 0.5) is 8.78 Å². The third kappa shape index (κ3) is 5.63. The minimum Gasteiger partial charge on any atom is -0.481 e. The van der Waals surface area contributed by atoms with E-state index in [9.17, 15) is 22.0 Å². The first kappa shape index (κ1) is 23.0. The summed E-state index contributed by atoms with van der Waals surface area (Å²) < 4.78 is 53.3. The van der Waals surface area contributed by atoms with Gasteiger partial charge in [0.15, 0.2) is 9.84 Å². The summed E-state index contributed by atoms with van der Waals surface area (Å²) >= 11 is 0. The fourth-order valence-corrected chi connectivity index (χ4v) is 6.17. The van der Waals surface area contributed by atoms with Gasteiger partial charge < -0.3 is 19.6 Å². The van der Waals surface area contributed by atoms with Crippen LogP contribution in [0.15, 0.2) is 24.3 Å². The molecule has 0 spiro atoms. The van der Waals surface area contributed by atoms with Crippen molar-refractivity contribution in [3.63, 3.8) is 0 Å². The van der Waals surface area contributed by atoms with Gasteiger partial charge in [0.25, 0.3) is 11.9 Å². The molecule has 162 valence electrons. The Morgan fingerprint density at radius 1 is 1.21 bits per heavy atom. The van der Waals surface area contributed by atoms with Crippen LogP contribution in [0.25, 0.3) is 0 Å². The van der Waals surface area contributed by atoms with Crippen LogP contribution in [0.1, 0.15) is 17.3 Å². The molecule has 0 aromatic heterocycles. The fraction of sp³-hybridized carbons (Fsp3) is 0.556. The van der Waals surface area contributed by atoms with Gasteiger partial charge in [0.2, 0.25) is 0 Å². The number of carbonyl (C=O) groups is 2. The second-order valence-corrected chi connectivity index (χ2v) is 9.46. The maximum atomic E-state index is 12.6. The van der Waals surface area contributed by atoms with Gasteiger partial charge >= 0.3 is 6.61 Å². The van der Waals surface area contributed by atoms with Crippen LogP contribution in [-0.2, 0) is 14.6 Å². The Morgan fingerprint density at radius 3 is 2.24 bits per heavy atom. The number of ether oxygens (including phenoxy) is 1. The van der Waals surface area contributed by atoms with Crippen LogP contribution in [0, 0.1) is 5.92 Å². The topological polar surface area (TPSA) is 104 Å². The number of fused-ring (bicyclic) bond motifs is 1. The van der Waals surface area contributed by atoms with Crippen LogP contribution in [0.3, 0.4) is 0 Å². The number of rotatable bonds is 4. The molecule has 0 aliphatic carbocycles. The summed E-state index contributed by atoms with van der Waals surface area (Å²) in [6.07, 6.45) is 0. The van der Waals surface area contributed by atoms with Crippen molar-refractivity contribution in [2.45, 2.75) is 24.8 Å². The van der Waals surface area contributed by atoms with E-state index in [-0.39, 0.29) is 35.9 Å². The van der Waals surface area contributed by atoms with E-state index in [2.05, 4.69) is 4.74 Å². The van der Waals surface area contributed by atoms with E-state index >= 15 is 0 Å². The summed E-state index contributed by atoms with van der Waals surface area (Å²) in [5.41, 5.74) is 0.320. The molecule has 2 aliphatic rings. The van der Waals surface area contributed by atoms with E-state index in [0.717, 1.165) is 6.92 Å². The van der Waals surface area contributed by atoms with Gasteiger partial charge in [-0.1, -0.05) is 0 Å². The van der Waals surface area contributed by atoms with Crippen molar-refractivity contribution in [3.8, 4) is 5.75 Å². The molecule has 2 fully saturated rings. The molecule has 0 saturated carbocycles. The minimum absolute atomic E-state index is 0.0277. The lowest BCUT2D eigenvalue weighted by Gasteiger charge is -2.25. The Morgan fingerprint density at radius 2 is 1.76 bits per heavy atom. The van der Waals surface area contributed by atoms with Crippen LogP contribution in [0.2, 0.25) is 0 Å². The summed E-state index contributed by atoms with van der Waals surface area (Å²) in [4.78, 5) is 25.1. The van der Waals surface area contributed by atoms with E-state index in [4.69, 9.17) is 9.90 Å². The van der Waals surface area contributed by atoms with Crippen molar-refractivity contribution in [2.75, 3.05) is 32.9 Å². The van der Waals surface area contributed by atoms with Gasteiger partial charge in [-0.05, 0) is 38.4 Å². The number of amides is 1. The predicted molar refractivity (Wildman–Crippen MR) is 101 cm³/mol. The third-order valence-electron chi connectivity index (χ3n) is 4.94. The largest absolute Gasteiger partial charge is 0.481 e. The van der Waals surface area contributed by atoms with Crippen molar-refractivity contribution in [2.24, 2.45) is 5.92 Å². The number of hydrogen-bond donors (Lipinski definition) is 1. The highest BCUT2D eigenvalue weighted by molar-refractivity contribution is 7.92. The Hall–Kier alpha value is -2.27. The Bertz CT molecular complexity index is 840. The Kier molecular flexibility index (Phi) is 7.17. The molecular weight excluding hydrogens is 410 g/mol. The maximum Gasteiger partial charge on any atom is 0.387 e. The number of carboxylic acids is 1. The van der Waals surface area contributed by atoms with Gasteiger partial charge in [0.1, 0.15) is 5.75 Å². The van der Waals surface area contributed by atoms with E-state index in [1.54, 1.807) is 0 Å². The summed E-state index contributed by atoms with van der Waals surface area (Å²) in [6.45, 7) is -1.29. The van der Waals surface area contributed by atoms with Gasteiger partial charge in [-0.3, -0.25) is 9.59 Å². The molecule has 1 N–H and O–H groups in total. The van der Waals surface area contributed by atoms with Gasteiger partial charge in [0.05, 0.1) is 11.0 Å². The van der Waals surface area contributed by atoms with Crippen LogP contribution in [0.5, 0.6) is 5.75 Å². The van der Waals surface area contributed by atoms with E-state index in [1.807, 2.05) is 19.0 Å². The second-order valence-electron chi connectivity index (χ2n) is 7.19. The molecule has 2 heterocycles. The number of sulfone groups is 1. The monoisotopic (exact) mass is 434 g/mol. The first-order valence-electron chi connectivity index (χ1n) is 8.84. The highest BCUT2D eigenvalue weighted by atomic mass is 32.2. The summed E-state index contributed by atoms with van der Waals surface area (Å²) in [7, 11) is 0.458. The number of carboxylic acid groups (broad SMARTS) is 1. The highest BCUT2D eigenvalue weighted by Gasteiger charge is 2.53. The van der Waals surface area contributed by atoms with Crippen LogP contribution in [-0.4, -0.2) is 86.0 Å². The third-order valence-corrected chi connectivity index (χ3v) is 7.17. The quantitative estimate of drug-likeness (QED) is 0.759. The molecule has 0 radical (unpaired) electrons. The highest BCUT2D eigenvalue weighted by Crippen LogP contribution is 2.36. The Balaban J connectivity index is 0.000000687. The van der Waals surface area contributed by atoms with Crippen molar-refractivity contribution in [3.05, 3.63) is 29.8 Å². The number of hydrogen-bond acceptors (Lipinski definition) is 6. The molecule has 0 bridgehead atoms. The normalized spacial score (nSPS) is 24.8. The lowest BCUT2D eigenvalue weighted by molar-refractivity contribution is -0.134. The molecule has 2 saturated heterocycles. The molecule has 1 aromatic carbocycles. The molecule has 3 rings (SSSR count). The molecule has 29 heavy (non-hydrogen) atoms. The van der Waals surface area contributed by atoms with Gasteiger partial charge in [-0.2, -0.15) is 8.78 Å². The van der Waals surface area contributed by atoms with Gasteiger partial charge in [0, 0.05) is 37.5 Å². The summed E-state index contributed by atoms with van der Waals surface area (Å²) in [5.74, 6) is -1.15. The number of alkyl halides is 2. The maximum absolute atomic E-state index is 12.6. The standard InChI is InChI=1S/C16H20F2N2O4S.C2H4O2/c1-19(2)13-9-25(22,23)14-8-20(7-12(13)14)15(21)10-3-5-11(6-4-10)24-16(17)18;1-2(3)4/h3-6,12-14,16H,7-9H2,1-2H3;1H3,(H,3,4)/t12-,13+,14-;/m0./s1. The lowest BCUT2D eigenvalue weighted by atomic mass is 10.00. The zero-order valence-electron chi connectivity index (χ0n) is 16.3. The molecule has 1 amide bonds. The number of halogens is 2. The molecule has 8 nitrogen and oxygen atoms in total. The molecule has 0 unspecified atom stereocenters. The molecule has 11 heteroatoms. The first-order chi connectivity index (χ1) is 13.4. The predicted octanol–water partition coefficient (Wildman–Crippen LogP) is 1.18. The SMILES string of the molecule is CC(=O)O.CN(C)[C@@H]1CS(=O)(=O)[C@H]2CN(C(=O)c3ccc(OC(F)F)cc3)C[C@@H]12. The minimum atomic E-state index is -3.23. The zero-order valence-corrected chi connectivity index (χ0v) is 17.1. The second kappa shape index (κ2) is 9.04. The zero-order chi connectivity index (χ0) is 21.9. The van der Waals surface area contributed by atoms with E-state index in [1.165, 1.54) is 29.2 Å². The van der Waals surface area contributed by atoms with Crippen LogP contribution >= 0.6 is 0 Å². The molecule has 2 aliphatic heterocycles. The van der Waals surface area contributed by atoms with E-state index < -0.39 is 27.7 Å². The number of carbonyl (C=O) groups excluding carboxylic acids is 1. The summed E-state index contributed by atoms with van der Waals surface area (Å²) in [5, 5.41) is 6.88. The number of benzene rings is 1. The van der Waals surface area contributed by atoms with Crippen molar-refractivity contribution >= 4 is 21.7 Å². The molecule has 3 atom stereocenters. The van der Waals surface area contributed by atoms with Crippen molar-refractivity contribution < 1.29 is 36.6 Å². The molecule has 1 aromatic rings. The number of aliphatic carboxylic acids is 1. The average molecular weight is 434 g/mol. The number of nitrogens with zero attached hydrogens (tertiary/aromatic N) is 2.